The summed E-state index contributed by atoms with van der Waals surface area (Å²) >= 11 is 0. The van der Waals surface area contributed by atoms with E-state index >= 15 is 0 Å². The second kappa shape index (κ2) is 8.69. The third kappa shape index (κ3) is 5.94. The molecule has 0 aromatic heterocycles. The summed E-state index contributed by atoms with van der Waals surface area (Å²) in [5.41, 5.74) is 7.86. The molecule has 0 saturated heterocycles. The maximum atomic E-state index is 12.5. The van der Waals surface area contributed by atoms with E-state index in [0.717, 1.165) is 5.56 Å². The van der Waals surface area contributed by atoms with Gasteiger partial charge in [-0.1, -0.05) is 51.1 Å². The van der Waals surface area contributed by atoms with Crippen LogP contribution in [0.25, 0.3) is 0 Å². The summed E-state index contributed by atoms with van der Waals surface area (Å²) in [6.45, 7) is 7.65. The first kappa shape index (κ1) is 21.2. The Morgan fingerprint density at radius 3 is 2.25 bits per heavy atom. The van der Waals surface area contributed by atoms with Crippen molar-refractivity contribution in [1.82, 2.24) is 5.32 Å². The largest absolute Gasteiger partial charge is 0.427 e. The smallest absolute Gasteiger partial charge is 0.308 e. The lowest BCUT2D eigenvalue weighted by Gasteiger charge is -2.20. The molecule has 148 valence electrons. The molecule has 0 unspecified atom stereocenters. The predicted octanol–water partition coefficient (Wildman–Crippen LogP) is 2.74. The number of rotatable bonds is 6. The summed E-state index contributed by atoms with van der Waals surface area (Å²) in [6, 6.07) is 13.2. The average Bonchev–Trinajstić information content (AvgIpc) is 2.60. The lowest BCUT2D eigenvalue weighted by Crippen LogP contribution is -2.45. The highest BCUT2D eigenvalue weighted by atomic mass is 16.5. The van der Waals surface area contributed by atoms with Crippen LogP contribution in [0.3, 0.4) is 0 Å². The van der Waals surface area contributed by atoms with Crippen LogP contribution in [0, 0.1) is 0 Å². The molecule has 2 amide bonds. The molecular weight excluding hydrogens is 356 g/mol. The number of hydrogen-bond donors (Lipinski definition) is 2. The van der Waals surface area contributed by atoms with Crippen molar-refractivity contribution in [3.63, 3.8) is 0 Å². The van der Waals surface area contributed by atoms with Crippen LogP contribution in [0.1, 0.15) is 49.2 Å². The van der Waals surface area contributed by atoms with Gasteiger partial charge in [0.25, 0.3) is 5.91 Å². The molecule has 6 nitrogen and oxygen atoms in total. The van der Waals surface area contributed by atoms with E-state index < -0.39 is 23.8 Å². The fourth-order valence-electron chi connectivity index (χ4n) is 2.71. The zero-order chi connectivity index (χ0) is 20.9. The molecule has 2 aromatic rings. The van der Waals surface area contributed by atoms with Gasteiger partial charge in [0.1, 0.15) is 11.8 Å². The van der Waals surface area contributed by atoms with E-state index in [9.17, 15) is 14.4 Å². The molecule has 0 saturated carbocycles. The van der Waals surface area contributed by atoms with Crippen LogP contribution in [-0.4, -0.2) is 23.8 Å². The fourth-order valence-corrected chi connectivity index (χ4v) is 2.71. The van der Waals surface area contributed by atoms with E-state index in [2.05, 4.69) is 26.1 Å². The molecule has 28 heavy (non-hydrogen) atoms. The van der Waals surface area contributed by atoms with Crippen LogP contribution in [0.5, 0.6) is 5.75 Å². The Labute approximate surface area is 165 Å². The number of ether oxygens (including phenoxy) is 1. The third-order valence-corrected chi connectivity index (χ3v) is 4.27. The van der Waals surface area contributed by atoms with Crippen molar-refractivity contribution >= 4 is 17.8 Å². The van der Waals surface area contributed by atoms with Crippen LogP contribution < -0.4 is 15.8 Å². The van der Waals surface area contributed by atoms with Crippen LogP contribution in [0.4, 0.5) is 0 Å². The Hall–Kier alpha value is -3.15. The molecule has 0 aliphatic rings. The topological polar surface area (TPSA) is 98.5 Å². The van der Waals surface area contributed by atoms with E-state index in [1.807, 2.05) is 24.3 Å². The molecular formula is C22H26N2O4. The molecule has 0 aliphatic carbocycles. The van der Waals surface area contributed by atoms with Gasteiger partial charge in [0, 0.05) is 18.9 Å². The molecule has 0 heterocycles. The predicted molar refractivity (Wildman–Crippen MR) is 107 cm³/mol. The van der Waals surface area contributed by atoms with Crippen molar-refractivity contribution in [3.05, 3.63) is 65.2 Å². The number of carbonyl (C=O) groups is 3. The van der Waals surface area contributed by atoms with E-state index in [4.69, 9.17) is 10.5 Å². The van der Waals surface area contributed by atoms with Gasteiger partial charge >= 0.3 is 5.97 Å². The Bertz CT molecular complexity index is 867. The first-order valence-corrected chi connectivity index (χ1v) is 9.04. The highest BCUT2D eigenvalue weighted by Crippen LogP contribution is 2.22. The Morgan fingerprint density at radius 1 is 1.07 bits per heavy atom. The molecule has 0 radical (unpaired) electrons. The maximum Gasteiger partial charge on any atom is 0.308 e. The zero-order valence-corrected chi connectivity index (χ0v) is 16.6. The van der Waals surface area contributed by atoms with Crippen molar-refractivity contribution < 1.29 is 19.1 Å². The lowest BCUT2D eigenvalue weighted by molar-refractivity contribution is -0.131. The van der Waals surface area contributed by atoms with Crippen molar-refractivity contribution in [2.24, 2.45) is 5.73 Å². The first-order chi connectivity index (χ1) is 13.1. The van der Waals surface area contributed by atoms with Crippen LogP contribution >= 0.6 is 0 Å². The first-order valence-electron chi connectivity index (χ1n) is 9.04. The summed E-state index contributed by atoms with van der Waals surface area (Å²) < 4.78 is 4.98. The molecule has 6 heteroatoms. The van der Waals surface area contributed by atoms with Gasteiger partial charge in [-0.25, -0.2) is 0 Å². The monoisotopic (exact) mass is 382 g/mol. The number of hydrogen-bond acceptors (Lipinski definition) is 4. The minimum atomic E-state index is -0.856. The number of nitrogens with one attached hydrogen (secondary N) is 1. The number of benzene rings is 2. The number of nitrogens with two attached hydrogens (primary N) is 1. The Balaban J connectivity index is 2.11. The maximum absolute atomic E-state index is 12.5. The minimum Gasteiger partial charge on any atom is -0.427 e. The standard InChI is InChI=1S/C22H26N2O4/c1-14(25)28-18-7-5-6-16(13-18)21(27)24-19(20(23)26)12-15-8-10-17(11-9-15)22(2,3)4/h5-11,13,19H,12H2,1-4H3,(H2,23,26)(H,24,27)/t19-/m1/s1. The highest BCUT2D eigenvalue weighted by molar-refractivity contribution is 5.97. The van der Waals surface area contributed by atoms with E-state index in [0.29, 0.717) is 0 Å². The highest BCUT2D eigenvalue weighted by Gasteiger charge is 2.20. The number of esters is 1. The van der Waals surface area contributed by atoms with Crippen molar-refractivity contribution in [3.8, 4) is 5.75 Å². The summed E-state index contributed by atoms with van der Waals surface area (Å²) in [5.74, 6) is -1.31. The van der Waals surface area contributed by atoms with Crippen molar-refractivity contribution in [2.45, 2.75) is 45.6 Å². The van der Waals surface area contributed by atoms with Crippen LogP contribution in [-0.2, 0) is 21.4 Å². The van der Waals surface area contributed by atoms with Gasteiger partial charge in [0.15, 0.2) is 0 Å². The summed E-state index contributed by atoms with van der Waals surface area (Å²) in [4.78, 5) is 35.4. The fraction of sp³-hybridized carbons (Fsp3) is 0.318. The summed E-state index contributed by atoms with van der Waals surface area (Å²) in [7, 11) is 0. The number of primary amides is 1. The SMILES string of the molecule is CC(=O)Oc1cccc(C(=O)N[C@H](Cc2ccc(C(C)(C)C)cc2)C(N)=O)c1. The summed E-state index contributed by atoms with van der Waals surface area (Å²) in [6.07, 6.45) is 0.287. The van der Waals surface area contributed by atoms with Gasteiger partial charge in [0.05, 0.1) is 0 Å². The van der Waals surface area contributed by atoms with E-state index in [1.54, 1.807) is 18.2 Å². The molecule has 1 atom stereocenters. The van der Waals surface area contributed by atoms with E-state index in [-0.39, 0.29) is 23.1 Å². The molecule has 2 rings (SSSR count). The molecule has 2 aromatic carbocycles. The van der Waals surface area contributed by atoms with Gasteiger partial charge in [-0.2, -0.15) is 0 Å². The molecule has 0 bridgehead atoms. The van der Waals surface area contributed by atoms with Crippen molar-refractivity contribution in [2.75, 3.05) is 0 Å². The van der Waals surface area contributed by atoms with Crippen molar-refractivity contribution in [1.29, 1.82) is 0 Å². The van der Waals surface area contributed by atoms with Gasteiger partial charge in [0.2, 0.25) is 5.91 Å². The van der Waals surface area contributed by atoms with Gasteiger partial charge < -0.3 is 15.8 Å². The van der Waals surface area contributed by atoms with Gasteiger partial charge in [-0.3, -0.25) is 14.4 Å². The second-order valence-corrected chi connectivity index (χ2v) is 7.70. The Kier molecular flexibility index (Phi) is 6.57. The summed E-state index contributed by atoms with van der Waals surface area (Å²) in [5, 5.41) is 2.65. The molecule has 0 spiro atoms. The lowest BCUT2D eigenvalue weighted by atomic mass is 9.86. The normalized spacial score (nSPS) is 12.1. The van der Waals surface area contributed by atoms with E-state index in [1.165, 1.54) is 18.6 Å². The molecule has 0 fully saturated rings. The molecule has 0 aliphatic heterocycles. The minimum absolute atomic E-state index is 0.0305. The van der Waals surface area contributed by atoms with Crippen LogP contribution in [0.2, 0.25) is 0 Å². The number of carbonyl (C=O) groups excluding carboxylic acids is 3. The average molecular weight is 382 g/mol. The van der Waals surface area contributed by atoms with Gasteiger partial charge in [-0.15, -0.1) is 0 Å². The van der Waals surface area contributed by atoms with Gasteiger partial charge in [-0.05, 0) is 34.7 Å². The Morgan fingerprint density at radius 2 is 1.71 bits per heavy atom. The third-order valence-electron chi connectivity index (χ3n) is 4.27. The number of amides is 2. The quantitative estimate of drug-likeness (QED) is 0.593. The molecule has 3 N–H and O–H groups in total. The second-order valence-electron chi connectivity index (χ2n) is 7.70. The zero-order valence-electron chi connectivity index (χ0n) is 16.6. The van der Waals surface area contributed by atoms with Crippen LogP contribution in [0.15, 0.2) is 48.5 Å².